The third-order valence-corrected chi connectivity index (χ3v) is 5.66. The van der Waals surface area contributed by atoms with Crippen molar-refractivity contribution in [2.45, 2.75) is 6.92 Å². The summed E-state index contributed by atoms with van der Waals surface area (Å²) in [6, 6.07) is 23.7. The van der Waals surface area contributed by atoms with Gasteiger partial charge in [0.2, 0.25) is 0 Å². The summed E-state index contributed by atoms with van der Waals surface area (Å²) in [6.45, 7) is 2.08. The van der Waals surface area contributed by atoms with E-state index in [2.05, 4.69) is 37.3 Å². The van der Waals surface area contributed by atoms with Gasteiger partial charge >= 0.3 is 0 Å². The lowest BCUT2D eigenvalue weighted by atomic mass is 9.97. The van der Waals surface area contributed by atoms with Crippen LogP contribution >= 0.6 is 11.3 Å². The zero-order valence-corrected chi connectivity index (χ0v) is 15.5. The van der Waals surface area contributed by atoms with E-state index >= 15 is 0 Å². The van der Waals surface area contributed by atoms with Gasteiger partial charge in [0.05, 0.1) is 7.11 Å². The number of benzene rings is 3. The SMILES string of the molecule is COc1ccc(C(=O)c2c(-c3ccccc3)sc3cc(C)ccc23)cc1. The van der Waals surface area contributed by atoms with E-state index in [1.807, 2.05) is 42.5 Å². The maximum atomic E-state index is 13.4. The topological polar surface area (TPSA) is 26.3 Å². The fourth-order valence-electron chi connectivity index (χ4n) is 3.11. The summed E-state index contributed by atoms with van der Waals surface area (Å²) in [5.41, 5.74) is 3.72. The van der Waals surface area contributed by atoms with Crippen LogP contribution in [0.1, 0.15) is 21.5 Å². The highest BCUT2D eigenvalue weighted by Crippen LogP contribution is 2.40. The molecular formula is C23H18O2S. The van der Waals surface area contributed by atoms with Crippen molar-refractivity contribution in [2.75, 3.05) is 7.11 Å². The lowest BCUT2D eigenvalue weighted by Crippen LogP contribution is -2.02. The monoisotopic (exact) mass is 358 g/mol. The second-order valence-corrected chi connectivity index (χ2v) is 7.28. The zero-order chi connectivity index (χ0) is 18.1. The summed E-state index contributed by atoms with van der Waals surface area (Å²) in [5, 5.41) is 1.01. The number of hydrogen-bond donors (Lipinski definition) is 0. The molecular weight excluding hydrogens is 340 g/mol. The Labute approximate surface area is 156 Å². The summed E-state index contributed by atoms with van der Waals surface area (Å²) in [5.74, 6) is 0.789. The van der Waals surface area contributed by atoms with E-state index in [1.54, 1.807) is 18.4 Å². The highest BCUT2D eigenvalue weighted by atomic mass is 32.1. The fourth-order valence-corrected chi connectivity index (χ4v) is 4.41. The molecule has 3 aromatic carbocycles. The Hall–Kier alpha value is -2.91. The number of methoxy groups -OCH3 is 1. The van der Waals surface area contributed by atoms with Crippen LogP contribution in [0, 0.1) is 6.92 Å². The van der Waals surface area contributed by atoms with Crippen LogP contribution in [0.15, 0.2) is 72.8 Å². The molecule has 3 heteroatoms. The van der Waals surface area contributed by atoms with Crippen LogP contribution < -0.4 is 4.74 Å². The van der Waals surface area contributed by atoms with Gasteiger partial charge in [-0.3, -0.25) is 4.79 Å². The molecule has 0 bridgehead atoms. The maximum absolute atomic E-state index is 13.4. The number of aryl methyl sites for hydroxylation is 1. The second-order valence-electron chi connectivity index (χ2n) is 6.23. The molecule has 0 radical (unpaired) electrons. The fraction of sp³-hybridized carbons (Fsp3) is 0.0870. The minimum absolute atomic E-state index is 0.0432. The third kappa shape index (κ3) is 2.91. The summed E-state index contributed by atoms with van der Waals surface area (Å²) < 4.78 is 6.35. The Morgan fingerprint density at radius 2 is 1.65 bits per heavy atom. The van der Waals surface area contributed by atoms with Crippen molar-refractivity contribution in [3.63, 3.8) is 0 Å². The maximum Gasteiger partial charge on any atom is 0.195 e. The molecule has 128 valence electrons. The van der Waals surface area contributed by atoms with Crippen LogP contribution in [0.2, 0.25) is 0 Å². The lowest BCUT2D eigenvalue weighted by molar-refractivity contribution is 0.104. The van der Waals surface area contributed by atoms with Crippen molar-refractivity contribution < 1.29 is 9.53 Å². The normalized spacial score (nSPS) is 10.8. The predicted molar refractivity (Wildman–Crippen MR) is 108 cm³/mol. The molecule has 0 N–H and O–H groups in total. The van der Waals surface area contributed by atoms with E-state index < -0.39 is 0 Å². The van der Waals surface area contributed by atoms with Gasteiger partial charge in [-0.15, -0.1) is 11.3 Å². The molecule has 0 spiro atoms. The largest absolute Gasteiger partial charge is 0.497 e. The van der Waals surface area contributed by atoms with Crippen molar-refractivity contribution >= 4 is 27.2 Å². The molecule has 0 fully saturated rings. The lowest BCUT2D eigenvalue weighted by Gasteiger charge is -2.06. The van der Waals surface area contributed by atoms with E-state index in [-0.39, 0.29) is 5.78 Å². The Bertz CT molecular complexity index is 1080. The highest BCUT2D eigenvalue weighted by Gasteiger charge is 2.21. The minimum Gasteiger partial charge on any atom is -0.497 e. The summed E-state index contributed by atoms with van der Waals surface area (Å²) in [7, 11) is 1.62. The molecule has 0 aliphatic heterocycles. The molecule has 4 rings (SSSR count). The van der Waals surface area contributed by atoms with Crippen molar-refractivity contribution in [3.05, 3.63) is 89.5 Å². The van der Waals surface area contributed by atoms with Crippen molar-refractivity contribution in [1.82, 2.24) is 0 Å². The van der Waals surface area contributed by atoms with Crippen molar-refractivity contribution in [3.8, 4) is 16.2 Å². The first kappa shape index (κ1) is 16.6. The molecule has 26 heavy (non-hydrogen) atoms. The number of rotatable bonds is 4. The molecule has 0 unspecified atom stereocenters. The average Bonchev–Trinajstić information content (AvgIpc) is 3.06. The van der Waals surface area contributed by atoms with E-state index in [4.69, 9.17) is 4.74 Å². The molecule has 0 aliphatic carbocycles. The minimum atomic E-state index is 0.0432. The average molecular weight is 358 g/mol. The van der Waals surface area contributed by atoms with E-state index in [0.717, 1.165) is 31.8 Å². The number of carbonyl (C=O) groups is 1. The molecule has 2 nitrogen and oxygen atoms in total. The van der Waals surface area contributed by atoms with Gasteiger partial charge in [-0.1, -0.05) is 42.5 Å². The van der Waals surface area contributed by atoms with Gasteiger partial charge in [-0.2, -0.15) is 0 Å². The van der Waals surface area contributed by atoms with Gasteiger partial charge in [0.15, 0.2) is 5.78 Å². The van der Waals surface area contributed by atoms with Gasteiger partial charge < -0.3 is 4.74 Å². The van der Waals surface area contributed by atoms with Crippen LogP contribution in [-0.2, 0) is 0 Å². The van der Waals surface area contributed by atoms with Crippen molar-refractivity contribution in [1.29, 1.82) is 0 Å². The molecule has 0 saturated heterocycles. The number of carbonyl (C=O) groups excluding carboxylic acids is 1. The Balaban J connectivity index is 1.93. The summed E-state index contributed by atoms with van der Waals surface area (Å²) in [6.07, 6.45) is 0. The molecule has 1 aromatic heterocycles. The van der Waals surface area contributed by atoms with Crippen LogP contribution in [0.3, 0.4) is 0 Å². The van der Waals surface area contributed by atoms with E-state index in [1.165, 1.54) is 5.56 Å². The smallest absolute Gasteiger partial charge is 0.195 e. The molecule has 4 aromatic rings. The second kappa shape index (κ2) is 6.77. The number of thiophene rings is 1. The zero-order valence-electron chi connectivity index (χ0n) is 14.7. The molecule has 0 atom stereocenters. The first-order valence-corrected chi connectivity index (χ1v) is 9.26. The predicted octanol–water partition coefficient (Wildman–Crippen LogP) is 6.12. The van der Waals surface area contributed by atoms with Crippen LogP contribution in [-0.4, -0.2) is 12.9 Å². The molecule has 0 saturated carbocycles. The van der Waals surface area contributed by atoms with Crippen molar-refractivity contribution in [2.24, 2.45) is 0 Å². The Morgan fingerprint density at radius 3 is 2.35 bits per heavy atom. The van der Waals surface area contributed by atoms with E-state index in [9.17, 15) is 4.79 Å². The summed E-state index contributed by atoms with van der Waals surface area (Å²) in [4.78, 5) is 14.4. The molecule has 1 heterocycles. The number of ether oxygens (including phenoxy) is 1. The Morgan fingerprint density at radius 1 is 0.923 bits per heavy atom. The summed E-state index contributed by atoms with van der Waals surface area (Å²) >= 11 is 1.68. The van der Waals surface area contributed by atoms with Gasteiger partial charge in [-0.05, 0) is 48.4 Å². The highest BCUT2D eigenvalue weighted by molar-refractivity contribution is 7.22. The van der Waals surface area contributed by atoms with Gasteiger partial charge in [-0.25, -0.2) is 0 Å². The van der Waals surface area contributed by atoms with Gasteiger partial charge in [0.1, 0.15) is 5.75 Å². The van der Waals surface area contributed by atoms with Crippen LogP contribution in [0.25, 0.3) is 20.5 Å². The number of hydrogen-bond acceptors (Lipinski definition) is 3. The van der Waals surface area contributed by atoms with Gasteiger partial charge in [0, 0.05) is 26.1 Å². The first-order valence-electron chi connectivity index (χ1n) is 8.44. The number of ketones is 1. The molecule has 0 amide bonds. The van der Waals surface area contributed by atoms with Gasteiger partial charge in [0.25, 0.3) is 0 Å². The van der Waals surface area contributed by atoms with Crippen LogP contribution in [0.5, 0.6) is 5.75 Å². The van der Waals surface area contributed by atoms with Crippen LogP contribution in [0.4, 0.5) is 0 Å². The standard InChI is InChI=1S/C23H18O2S/c1-15-8-13-19-20(14-15)26-23(17-6-4-3-5-7-17)21(19)22(24)16-9-11-18(25-2)12-10-16/h3-14H,1-2H3. The Kier molecular flexibility index (Phi) is 4.31. The quantitative estimate of drug-likeness (QED) is 0.411. The third-order valence-electron chi connectivity index (χ3n) is 4.46. The number of fused-ring (bicyclic) bond motifs is 1. The molecule has 0 aliphatic rings. The van der Waals surface area contributed by atoms with E-state index in [0.29, 0.717) is 5.56 Å². The first-order chi connectivity index (χ1) is 12.7.